The van der Waals surface area contributed by atoms with Gasteiger partial charge in [-0.2, -0.15) is 0 Å². The number of nitrogens with zero attached hydrogens (tertiary/aromatic N) is 2. The van der Waals surface area contributed by atoms with Crippen LogP contribution in [0.1, 0.15) is 11.6 Å². The van der Waals surface area contributed by atoms with Crippen molar-refractivity contribution in [2.24, 2.45) is 0 Å². The second kappa shape index (κ2) is 5.55. The average Bonchev–Trinajstić information content (AvgIpc) is 2.94. The lowest BCUT2D eigenvalue weighted by molar-refractivity contribution is 0.358. The van der Waals surface area contributed by atoms with E-state index < -0.39 is 0 Å². The van der Waals surface area contributed by atoms with Gasteiger partial charge in [-0.3, -0.25) is 4.79 Å². The molecule has 0 N–H and O–H groups in total. The first-order valence-corrected chi connectivity index (χ1v) is 6.79. The summed E-state index contributed by atoms with van der Waals surface area (Å²) in [5.74, 6) is 1.73. The number of aryl methyl sites for hydroxylation is 1. The van der Waals surface area contributed by atoms with Crippen molar-refractivity contribution in [1.82, 2.24) is 9.55 Å². The van der Waals surface area contributed by atoms with Gasteiger partial charge in [0.05, 0.1) is 31.8 Å². The number of hydrogen-bond acceptors (Lipinski definition) is 5. The molecule has 2 aromatic heterocycles. The Labute approximate surface area is 126 Å². The van der Waals surface area contributed by atoms with E-state index in [0.717, 1.165) is 5.39 Å². The molecule has 0 unspecified atom stereocenters. The first-order chi connectivity index (χ1) is 10.6. The number of oxazole rings is 1. The number of rotatable bonds is 4. The van der Waals surface area contributed by atoms with Gasteiger partial charge in [0.1, 0.15) is 6.26 Å². The summed E-state index contributed by atoms with van der Waals surface area (Å²) in [6, 6.07) is 5.31. The van der Waals surface area contributed by atoms with Gasteiger partial charge >= 0.3 is 0 Å². The Hall–Kier alpha value is -2.76. The van der Waals surface area contributed by atoms with Gasteiger partial charge in [0.2, 0.25) is 0 Å². The highest BCUT2D eigenvalue weighted by Crippen LogP contribution is 2.33. The van der Waals surface area contributed by atoms with E-state index in [1.165, 1.54) is 0 Å². The van der Waals surface area contributed by atoms with Gasteiger partial charge in [0.15, 0.2) is 17.4 Å². The third kappa shape index (κ3) is 2.32. The maximum Gasteiger partial charge on any atom is 0.258 e. The molecule has 0 atom stereocenters. The molecular weight excluding hydrogens is 284 g/mol. The van der Waals surface area contributed by atoms with E-state index in [-0.39, 0.29) is 5.56 Å². The molecule has 22 heavy (non-hydrogen) atoms. The Kier molecular flexibility index (Phi) is 3.58. The van der Waals surface area contributed by atoms with E-state index in [9.17, 15) is 4.79 Å². The van der Waals surface area contributed by atoms with E-state index in [2.05, 4.69) is 4.98 Å². The maximum atomic E-state index is 12.6. The highest BCUT2D eigenvalue weighted by atomic mass is 16.5. The van der Waals surface area contributed by atoms with Crippen molar-refractivity contribution >= 4 is 10.8 Å². The van der Waals surface area contributed by atoms with Crippen LogP contribution in [0.3, 0.4) is 0 Å². The molecular formula is C16H16N2O4. The third-order valence-electron chi connectivity index (χ3n) is 3.50. The number of aromatic nitrogens is 2. The predicted molar refractivity (Wildman–Crippen MR) is 81.7 cm³/mol. The summed E-state index contributed by atoms with van der Waals surface area (Å²) < 4.78 is 17.4. The van der Waals surface area contributed by atoms with Crippen LogP contribution in [0.15, 0.2) is 39.9 Å². The number of benzene rings is 1. The molecule has 0 fully saturated rings. The van der Waals surface area contributed by atoms with Gasteiger partial charge < -0.3 is 18.5 Å². The minimum Gasteiger partial charge on any atom is -0.493 e. The van der Waals surface area contributed by atoms with Crippen LogP contribution in [0.5, 0.6) is 11.5 Å². The number of ether oxygens (including phenoxy) is 2. The van der Waals surface area contributed by atoms with E-state index in [4.69, 9.17) is 13.9 Å². The van der Waals surface area contributed by atoms with Gasteiger partial charge in [-0.25, -0.2) is 4.98 Å². The van der Waals surface area contributed by atoms with Crippen molar-refractivity contribution in [2.45, 2.75) is 13.5 Å². The van der Waals surface area contributed by atoms with Crippen LogP contribution < -0.4 is 15.0 Å². The summed E-state index contributed by atoms with van der Waals surface area (Å²) in [5, 5.41) is 1.29. The van der Waals surface area contributed by atoms with Crippen molar-refractivity contribution in [2.75, 3.05) is 14.2 Å². The number of hydrogen-bond donors (Lipinski definition) is 0. The zero-order chi connectivity index (χ0) is 15.7. The minimum atomic E-state index is -0.112. The van der Waals surface area contributed by atoms with Crippen molar-refractivity contribution in [3.05, 3.63) is 52.6 Å². The summed E-state index contributed by atoms with van der Waals surface area (Å²) >= 11 is 0. The Balaban J connectivity index is 2.12. The molecule has 0 amide bonds. The lowest BCUT2D eigenvalue weighted by Crippen LogP contribution is -2.20. The fourth-order valence-electron chi connectivity index (χ4n) is 2.47. The van der Waals surface area contributed by atoms with Crippen LogP contribution in [0.4, 0.5) is 0 Å². The Morgan fingerprint density at radius 2 is 2.00 bits per heavy atom. The molecule has 0 aliphatic carbocycles. The Morgan fingerprint density at radius 1 is 1.18 bits per heavy atom. The Bertz CT molecular complexity index is 879. The normalized spacial score (nSPS) is 10.9. The fourth-order valence-corrected chi connectivity index (χ4v) is 2.47. The van der Waals surface area contributed by atoms with Crippen molar-refractivity contribution in [1.29, 1.82) is 0 Å². The van der Waals surface area contributed by atoms with E-state index in [1.807, 2.05) is 6.07 Å². The molecule has 0 bridgehead atoms. The summed E-state index contributed by atoms with van der Waals surface area (Å²) in [5.41, 5.74) is 0.596. The molecule has 0 spiro atoms. The van der Waals surface area contributed by atoms with Crippen LogP contribution in [0, 0.1) is 6.92 Å². The molecule has 0 aliphatic heterocycles. The number of methoxy groups -OCH3 is 2. The number of fused-ring (bicyclic) bond motifs is 1. The Morgan fingerprint density at radius 3 is 2.64 bits per heavy atom. The largest absolute Gasteiger partial charge is 0.493 e. The van der Waals surface area contributed by atoms with E-state index in [1.54, 1.807) is 50.3 Å². The van der Waals surface area contributed by atoms with Crippen molar-refractivity contribution < 1.29 is 13.9 Å². The second-order valence-corrected chi connectivity index (χ2v) is 4.87. The molecule has 1 aromatic carbocycles. The molecule has 0 aliphatic rings. The van der Waals surface area contributed by atoms with Gasteiger partial charge in [0.25, 0.3) is 5.56 Å². The summed E-state index contributed by atoms with van der Waals surface area (Å²) in [6.07, 6.45) is 3.28. The van der Waals surface area contributed by atoms with Crippen LogP contribution in [-0.2, 0) is 6.54 Å². The molecule has 0 radical (unpaired) electrons. The predicted octanol–water partition coefficient (Wildman–Crippen LogP) is 2.36. The maximum absolute atomic E-state index is 12.6. The molecule has 0 saturated carbocycles. The highest BCUT2D eigenvalue weighted by molar-refractivity contribution is 5.90. The third-order valence-corrected chi connectivity index (χ3v) is 3.50. The smallest absolute Gasteiger partial charge is 0.258 e. The zero-order valence-electron chi connectivity index (χ0n) is 12.6. The van der Waals surface area contributed by atoms with Crippen LogP contribution in [0.2, 0.25) is 0 Å². The zero-order valence-corrected chi connectivity index (χ0v) is 12.6. The minimum absolute atomic E-state index is 0.112. The van der Waals surface area contributed by atoms with E-state index >= 15 is 0 Å². The van der Waals surface area contributed by atoms with Crippen LogP contribution >= 0.6 is 0 Å². The monoisotopic (exact) mass is 300 g/mol. The summed E-state index contributed by atoms with van der Waals surface area (Å²) in [6.45, 7) is 2.13. The van der Waals surface area contributed by atoms with Gasteiger partial charge in [-0.15, -0.1) is 0 Å². The second-order valence-electron chi connectivity index (χ2n) is 4.87. The molecule has 2 heterocycles. The average molecular weight is 300 g/mol. The molecule has 3 aromatic rings. The van der Waals surface area contributed by atoms with Gasteiger partial charge in [0, 0.05) is 18.5 Å². The highest BCUT2D eigenvalue weighted by Gasteiger charge is 2.13. The SMILES string of the molecule is COc1ccc2c(=O)n(Cc3coc(C)n3)ccc2c1OC. The van der Waals surface area contributed by atoms with Gasteiger partial charge in [-0.1, -0.05) is 0 Å². The molecule has 114 valence electrons. The van der Waals surface area contributed by atoms with Crippen molar-refractivity contribution in [3.63, 3.8) is 0 Å². The molecule has 0 saturated heterocycles. The molecule has 6 nitrogen and oxygen atoms in total. The van der Waals surface area contributed by atoms with Crippen molar-refractivity contribution in [3.8, 4) is 11.5 Å². The first kappa shape index (κ1) is 14.2. The molecule has 3 rings (SSSR count). The van der Waals surface area contributed by atoms with Gasteiger partial charge in [-0.05, 0) is 18.2 Å². The summed E-state index contributed by atoms with van der Waals surface area (Å²) in [4.78, 5) is 16.8. The topological polar surface area (TPSA) is 66.5 Å². The quantitative estimate of drug-likeness (QED) is 0.740. The standard InChI is InChI=1S/C16H16N2O4/c1-10-17-11(9-22-10)8-18-7-6-12-13(16(18)19)4-5-14(20-2)15(12)21-3/h4-7,9H,8H2,1-3H3. The first-order valence-electron chi connectivity index (χ1n) is 6.79. The summed E-state index contributed by atoms with van der Waals surface area (Å²) in [7, 11) is 3.12. The van der Waals surface area contributed by atoms with Crippen LogP contribution in [0.25, 0.3) is 10.8 Å². The van der Waals surface area contributed by atoms with E-state index in [0.29, 0.717) is 35.0 Å². The fraction of sp³-hybridized carbons (Fsp3) is 0.250. The molecule has 6 heteroatoms. The van der Waals surface area contributed by atoms with Crippen LogP contribution in [-0.4, -0.2) is 23.8 Å². The lowest BCUT2D eigenvalue weighted by Gasteiger charge is -2.11. The number of pyridine rings is 1. The lowest BCUT2D eigenvalue weighted by atomic mass is 10.1.